The van der Waals surface area contributed by atoms with E-state index in [4.69, 9.17) is 11.6 Å². The topological polar surface area (TPSA) is 53.5 Å². The lowest BCUT2D eigenvalue weighted by atomic mass is 10.2. The third-order valence-electron chi connectivity index (χ3n) is 2.59. The van der Waals surface area contributed by atoms with Crippen molar-refractivity contribution >= 4 is 45.3 Å². The molecule has 0 atom stereocenters. The number of carbonyl (C=O) groups is 1. The Morgan fingerprint density at radius 2 is 1.90 bits per heavy atom. The molecular weight excluding hydrogens is 354 g/mol. The van der Waals surface area contributed by atoms with E-state index < -0.39 is 0 Å². The van der Waals surface area contributed by atoms with Crippen molar-refractivity contribution in [1.82, 2.24) is 5.43 Å². The van der Waals surface area contributed by atoms with Gasteiger partial charge < -0.3 is 5.32 Å². The van der Waals surface area contributed by atoms with Crippen molar-refractivity contribution < 1.29 is 4.79 Å². The van der Waals surface area contributed by atoms with Crippen molar-refractivity contribution in [3.05, 3.63) is 63.6 Å². The van der Waals surface area contributed by atoms with Crippen LogP contribution in [0.5, 0.6) is 0 Å². The smallest absolute Gasteiger partial charge is 0.259 e. The average molecular weight is 367 g/mol. The molecule has 0 heterocycles. The molecule has 0 aromatic heterocycles. The fourth-order valence-corrected chi connectivity index (χ4v) is 2.01. The van der Waals surface area contributed by atoms with Gasteiger partial charge >= 0.3 is 0 Å². The first kappa shape index (κ1) is 15.5. The summed E-state index contributed by atoms with van der Waals surface area (Å²) in [7, 11) is 0. The fourth-order valence-electron chi connectivity index (χ4n) is 1.55. The van der Waals surface area contributed by atoms with E-state index in [2.05, 4.69) is 31.8 Å². The monoisotopic (exact) mass is 365 g/mol. The molecule has 6 heteroatoms. The molecule has 2 rings (SSSR count). The molecule has 0 aliphatic carbocycles. The molecule has 4 nitrogen and oxygen atoms in total. The van der Waals surface area contributed by atoms with Crippen LogP contribution in [0.2, 0.25) is 5.02 Å². The largest absolute Gasteiger partial charge is 0.375 e. The summed E-state index contributed by atoms with van der Waals surface area (Å²) in [5.74, 6) is -0.247. The number of para-hydroxylation sites is 1. The molecule has 0 saturated heterocycles. The Hall–Kier alpha value is -1.85. The van der Waals surface area contributed by atoms with Gasteiger partial charge in [-0.2, -0.15) is 5.10 Å². The molecule has 0 aliphatic heterocycles. The number of hydrogen-bond acceptors (Lipinski definition) is 3. The van der Waals surface area contributed by atoms with Crippen LogP contribution in [-0.2, 0) is 4.79 Å². The number of rotatable bonds is 5. The molecule has 0 radical (unpaired) electrons. The molecule has 0 bridgehead atoms. The highest BCUT2D eigenvalue weighted by atomic mass is 79.9. The van der Waals surface area contributed by atoms with Crippen LogP contribution in [-0.4, -0.2) is 18.7 Å². The van der Waals surface area contributed by atoms with Crippen molar-refractivity contribution in [1.29, 1.82) is 0 Å². The van der Waals surface area contributed by atoms with Crippen LogP contribution in [0.3, 0.4) is 0 Å². The number of anilines is 1. The Balaban J connectivity index is 1.80. The van der Waals surface area contributed by atoms with Gasteiger partial charge in [-0.1, -0.05) is 51.8 Å². The molecule has 108 valence electrons. The van der Waals surface area contributed by atoms with Gasteiger partial charge in [-0.25, -0.2) is 5.43 Å². The van der Waals surface area contributed by atoms with Crippen LogP contribution in [0.15, 0.2) is 58.1 Å². The van der Waals surface area contributed by atoms with Crippen LogP contribution in [0.25, 0.3) is 0 Å². The minimum Gasteiger partial charge on any atom is -0.375 e. The zero-order valence-corrected chi connectivity index (χ0v) is 13.4. The Bertz CT molecular complexity index is 644. The molecular formula is C15H13BrClN3O. The van der Waals surface area contributed by atoms with Gasteiger partial charge in [-0.15, -0.1) is 0 Å². The molecule has 1 amide bonds. The van der Waals surface area contributed by atoms with E-state index >= 15 is 0 Å². The van der Waals surface area contributed by atoms with Gasteiger partial charge in [0.2, 0.25) is 0 Å². The van der Waals surface area contributed by atoms with E-state index in [1.807, 2.05) is 36.4 Å². The number of halogens is 2. The van der Waals surface area contributed by atoms with Crippen LogP contribution < -0.4 is 10.7 Å². The molecule has 0 unspecified atom stereocenters. The summed E-state index contributed by atoms with van der Waals surface area (Å²) in [5.41, 5.74) is 4.06. The number of amides is 1. The van der Waals surface area contributed by atoms with E-state index in [0.717, 1.165) is 10.0 Å². The van der Waals surface area contributed by atoms with Gasteiger partial charge in [0.15, 0.2) is 0 Å². The maximum atomic E-state index is 11.6. The van der Waals surface area contributed by atoms with Crippen LogP contribution in [0.1, 0.15) is 5.56 Å². The molecule has 0 saturated carbocycles. The third-order valence-corrected chi connectivity index (χ3v) is 3.44. The maximum absolute atomic E-state index is 11.6. The number of carbonyl (C=O) groups excluding carboxylic acids is 1. The van der Waals surface area contributed by atoms with Crippen molar-refractivity contribution in [2.75, 3.05) is 11.9 Å². The first-order valence-electron chi connectivity index (χ1n) is 6.21. The molecule has 2 aromatic carbocycles. The molecule has 2 N–H and O–H groups in total. The van der Waals surface area contributed by atoms with Crippen molar-refractivity contribution in [2.45, 2.75) is 0 Å². The van der Waals surface area contributed by atoms with Crippen molar-refractivity contribution in [3.63, 3.8) is 0 Å². The average Bonchev–Trinajstić information content (AvgIpc) is 2.48. The van der Waals surface area contributed by atoms with Gasteiger partial charge in [0, 0.05) is 4.47 Å². The van der Waals surface area contributed by atoms with E-state index in [1.54, 1.807) is 18.3 Å². The van der Waals surface area contributed by atoms with Gasteiger partial charge in [0.25, 0.3) is 5.91 Å². The van der Waals surface area contributed by atoms with E-state index in [0.29, 0.717) is 10.7 Å². The molecule has 0 aliphatic rings. The van der Waals surface area contributed by atoms with E-state index in [-0.39, 0.29) is 12.5 Å². The maximum Gasteiger partial charge on any atom is 0.259 e. The first-order chi connectivity index (χ1) is 10.1. The third kappa shape index (κ3) is 5.21. The number of hydrogen-bond donors (Lipinski definition) is 2. The Morgan fingerprint density at radius 3 is 2.62 bits per heavy atom. The summed E-state index contributed by atoms with van der Waals surface area (Å²) in [5, 5.41) is 7.41. The zero-order chi connectivity index (χ0) is 15.1. The Morgan fingerprint density at radius 1 is 1.19 bits per heavy atom. The summed E-state index contributed by atoms with van der Waals surface area (Å²) in [4.78, 5) is 11.6. The van der Waals surface area contributed by atoms with Crippen LogP contribution in [0, 0.1) is 0 Å². The highest BCUT2D eigenvalue weighted by Gasteiger charge is 2.01. The second kappa shape index (κ2) is 7.81. The van der Waals surface area contributed by atoms with E-state index in [9.17, 15) is 4.79 Å². The minimum atomic E-state index is -0.247. The van der Waals surface area contributed by atoms with E-state index in [1.165, 1.54) is 0 Å². The highest BCUT2D eigenvalue weighted by molar-refractivity contribution is 9.10. The zero-order valence-electron chi connectivity index (χ0n) is 11.0. The van der Waals surface area contributed by atoms with Gasteiger partial charge in [-0.05, 0) is 29.8 Å². The summed E-state index contributed by atoms with van der Waals surface area (Å²) in [6.07, 6.45) is 1.58. The summed E-state index contributed by atoms with van der Waals surface area (Å²) < 4.78 is 0.993. The second-order valence-corrected chi connectivity index (χ2v) is 5.50. The summed E-state index contributed by atoms with van der Waals surface area (Å²) in [6.45, 7) is 0.0986. The number of nitrogens with one attached hydrogen (secondary N) is 2. The number of benzene rings is 2. The summed E-state index contributed by atoms with van der Waals surface area (Å²) >= 11 is 9.33. The standard InChI is InChI=1S/C15H13BrClN3O/c16-12-7-5-11(6-8-12)9-19-20-15(21)10-18-14-4-2-1-3-13(14)17/h1-9,18H,10H2,(H,20,21)/b19-9+. The lowest BCUT2D eigenvalue weighted by Gasteiger charge is -2.06. The minimum absolute atomic E-state index is 0.0986. The first-order valence-corrected chi connectivity index (χ1v) is 7.38. The van der Waals surface area contributed by atoms with Gasteiger partial charge in [-0.3, -0.25) is 4.79 Å². The molecule has 2 aromatic rings. The number of nitrogens with zero attached hydrogens (tertiary/aromatic N) is 1. The van der Waals surface area contributed by atoms with Gasteiger partial charge in [0.1, 0.15) is 0 Å². The number of hydrazone groups is 1. The lowest BCUT2D eigenvalue weighted by Crippen LogP contribution is -2.25. The second-order valence-electron chi connectivity index (χ2n) is 4.18. The normalized spacial score (nSPS) is 10.6. The van der Waals surface area contributed by atoms with Crippen LogP contribution in [0.4, 0.5) is 5.69 Å². The van der Waals surface area contributed by atoms with Crippen molar-refractivity contribution in [2.24, 2.45) is 5.10 Å². The quantitative estimate of drug-likeness (QED) is 0.627. The summed E-state index contributed by atoms with van der Waals surface area (Å²) in [6, 6.07) is 14.8. The highest BCUT2D eigenvalue weighted by Crippen LogP contribution is 2.19. The Kier molecular flexibility index (Phi) is 5.78. The molecule has 0 fully saturated rings. The van der Waals surface area contributed by atoms with Gasteiger partial charge in [0.05, 0.1) is 23.5 Å². The predicted octanol–water partition coefficient (Wildman–Crippen LogP) is 3.66. The lowest BCUT2D eigenvalue weighted by molar-refractivity contribution is -0.119. The SMILES string of the molecule is O=C(CNc1ccccc1Cl)N/N=C/c1ccc(Br)cc1. The predicted molar refractivity (Wildman–Crippen MR) is 89.8 cm³/mol. The molecule has 21 heavy (non-hydrogen) atoms. The Labute approximate surface area is 136 Å². The van der Waals surface area contributed by atoms with Crippen molar-refractivity contribution in [3.8, 4) is 0 Å². The van der Waals surface area contributed by atoms with Crippen LogP contribution >= 0.6 is 27.5 Å². The molecule has 0 spiro atoms. The fraction of sp³-hybridized carbons (Fsp3) is 0.0667.